The first-order chi connectivity index (χ1) is 20.1. The molecule has 1 aromatic heterocycles. The first-order valence-corrected chi connectivity index (χ1v) is 17.7. The number of nitrogens with zero attached hydrogens (tertiary/aromatic N) is 2. The third kappa shape index (κ3) is 14.3. The number of ether oxygens (including phenoxy) is 1. The SMILES string of the molecule is CCCCCCCC(=O)SCCC=C[C@H](CC(=O)NCc1nc(C2=N[C@@H](C)CS2)cs1)OC(=O)C(NC(C)=O)C(C)C. The summed E-state index contributed by atoms with van der Waals surface area (Å²) in [5.41, 5.74) is 0.832. The molecule has 2 amide bonds. The topological polar surface area (TPSA) is 127 Å². The Hall–Kier alpha value is -2.18. The molecule has 2 rings (SSSR count). The van der Waals surface area contributed by atoms with E-state index in [1.165, 1.54) is 49.3 Å². The number of allylic oxidation sites excluding steroid dienone is 1. The van der Waals surface area contributed by atoms with Crippen LogP contribution in [-0.4, -0.2) is 62.6 Å². The van der Waals surface area contributed by atoms with Crippen molar-refractivity contribution in [2.45, 2.75) is 111 Å². The summed E-state index contributed by atoms with van der Waals surface area (Å²) in [5.74, 6) is 0.162. The number of esters is 1. The van der Waals surface area contributed by atoms with Crippen LogP contribution in [0.25, 0.3) is 0 Å². The summed E-state index contributed by atoms with van der Waals surface area (Å²) < 4.78 is 5.69. The molecule has 0 bridgehead atoms. The number of amides is 2. The van der Waals surface area contributed by atoms with Gasteiger partial charge in [0.05, 0.1) is 19.0 Å². The van der Waals surface area contributed by atoms with E-state index in [0.717, 1.165) is 34.3 Å². The highest BCUT2D eigenvalue weighted by Crippen LogP contribution is 2.24. The second-order valence-electron chi connectivity index (χ2n) is 10.7. The van der Waals surface area contributed by atoms with Crippen molar-refractivity contribution in [2.24, 2.45) is 10.9 Å². The minimum absolute atomic E-state index is 0.0741. The number of thioether (sulfide) groups is 2. The van der Waals surface area contributed by atoms with Crippen molar-refractivity contribution < 1.29 is 23.9 Å². The average Bonchev–Trinajstić information content (AvgIpc) is 3.58. The number of carbonyl (C=O) groups excluding carboxylic acids is 4. The maximum Gasteiger partial charge on any atom is 0.329 e. The molecule has 1 aliphatic rings. The number of aliphatic imine (C=N–C) groups is 1. The Labute approximate surface area is 262 Å². The quantitative estimate of drug-likeness (QED) is 0.113. The summed E-state index contributed by atoms with van der Waals surface area (Å²) >= 11 is 4.46. The first kappa shape index (κ1) is 36.0. The number of hydrogen-bond acceptors (Lipinski definition) is 10. The number of unbranched alkanes of at least 4 members (excludes halogenated alkanes) is 4. The molecule has 0 aromatic carbocycles. The van der Waals surface area contributed by atoms with Crippen molar-refractivity contribution >= 4 is 62.8 Å². The van der Waals surface area contributed by atoms with Gasteiger partial charge in [-0.2, -0.15) is 0 Å². The maximum atomic E-state index is 12.9. The second kappa shape index (κ2) is 19.9. The van der Waals surface area contributed by atoms with Gasteiger partial charge in [-0.25, -0.2) is 9.78 Å². The van der Waals surface area contributed by atoms with E-state index in [0.29, 0.717) is 18.6 Å². The van der Waals surface area contributed by atoms with E-state index in [1.54, 1.807) is 17.8 Å². The predicted octanol–water partition coefficient (Wildman–Crippen LogP) is 5.67. The van der Waals surface area contributed by atoms with Crippen LogP contribution in [-0.2, 0) is 30.5 Å². The summed E-state index contributed by atoms with van der Waals surface area (Å²) in [6.07, 6.45) is 9.40. The summed E-state index contributed by atoms with van der Waals surface area (Å²) in [6, 6.07) is -0.539. The van der Waals surface area contributed by atoms with E-state index < -0.39 is 18.1 Å². The van der Waals surface area contributed by atoms with Crippen LogP contribution in [0.5, 0.6) is 0 Å². The zero-order valence-corrected chi connectivity index (χ0v) is 27.9. The Morgan fingerprint density at radius 2 is 1.95 bits per heavy atom. The minimum atomic E-state index is -0.820. The predicted molar refractivity (Wildman–Crippen MR) is 174 cm³/mol. The van der Waals surface area contributed by atoms with E-state index in [9.17, 15) is 19.2 Å². The van der Waals surface area contributed by atoms with Gasteiger partial charge < -0.3 is 15.4 Å². The van der Waals surface area contributed by atoms with Crippen LogP contribution in [0.3, 0.4) is 0 Å². The third-order valence-corrected chi connectivity index (χ3v) is 9.37. The summed E-state index contributed by atoms with van der Waals surface area (Å²) in [7, 11) is 0. The maximum absolute atomic E-state index is 12.9. The van der Waals surface area contributed by atoms with E-state index in [2.05, 4.69) is 34.5 Å². The molecule has 1 aromatic rings. The minimum Gasteiger partial charge on any atom is -0.456 e. The zero-order valence-electron chi connectivity index (χ0n) is 25.5. The standard InChI is InChI=1S/C30H46N4O5S3/c1-6-7-8-9-10-14-27(37)40-15-12-11-13-23(39-30(38)28(20(2)3)33-22(5)35)16-25(36)31-17-26-34-24(19-41-26)29-32-21(4)18-42-29/h11,13,19-21,23,28H,6-10,12,14-18H2,1-5H3,(H,31,36)(H,33,35)/t21-,23+,28?/m0/s1. The van der Waals surface area contributed by atoms with Gasteiger partial charge in [0.25, 0.3) is 0 Å². The van der Waals surface area contributed by atoms with E-state index in [-0.39, 0.29) is 41.9 Å². The van der Waals surface area contributed by atoms with Crippen LogP contribution >= 0.6 is 34.9 Å². The third-order valence-electron chi connectivity index (χ3n) is 6.32. The van der Waals surface area contributed by atoms with Crippen LogP contribution < -0.4 is 10.6 Å². The van der Waals surface area contributed by atoms with E-state index >= 15 is 0 Å². The molecule has 2 N–H and O–H groups in total. The molecule has 42 heavy (non-hydrogen) atoms. The first-order valence-electron chi connectivity index (χ1n) is 14.8. The Morgan fingerprint density at radius 1 is 1.19 bits per heavy atom. The second-order valence-corrected chi connectivity index (χ2v) is 13.8. The van der Waals surface area contributed by atoms with Gasteiger partial charge >= 0.3 is 5.97 Å². The Morgan fingerprint density at radius 3 is 2.62 bits per heavy atom. The van der Waals surface area contributed by atoms with Crippen molar-refractivity contribution in [3.05, 3.63) is 28.2 Å². The molecular weight excluding hydrogens is 593 g/mol. The van der Waals surface area contributed by atoms with Crippen LogP contribution in [0, 0.1) is 5.92 Å². The fourth-order valence-corrected chi connectivity index (χ4v) is 6.60. The molecule has 0 saturated carbocycles. The van der Waals surface area contributed by atoms with E-state index in [1.807, 2.05) is 25.3 Å². The molecule has 9 nitrogen and oxygen atoms in total. The molecule has 2 heterocycles. The van der Waals surface area contributed by atoms with E-state index in [4.69, 9.17) is 4.74 Å². The Balaban J connectivity index is 1.91. The molecule has 0 fully saturated rings. The largest absolute Gasteiger partial charge is 0.456 e. The van der Waals surface area contributed by atoms with Gasteiger partial charge in [0, 0.05) is 30.2 Å². The highest BCUT2D eigenvalue weighted by molar-refractivity contribution is 8.14. The lowest BCUT2D eigenvalue weighted by atomic mass is 10.0. The number of carbonyl (C=O) groups is 4. The van der Waals surface area contributed by atoms with Crippen LogP contribution in [0.4, 0.5) is 0 Å². The Bertz CT molecular complexity index is 1090. The molecular formula is C30H46N4O5S3. The van der Waals surface area contributed by atoms with Gasteiger partial charge in [-0.1, -0.05) is 64.3 Å². The van der Waals surface area contributed by atoms with Gasteiger partial charge in [-0.15, -0.1) is 23.1 Å². The highest BCUT2D eigenvalue weighted by Gasteiger charge is 2.27. The number of nitrogens with one attached hydrogen (secondary N) is 2. The number of hydrogen-bond donors (Lipinski definition) is 2. The molecule has 0 saturated heterocycles. The molecule has 1 aliphatic heterocycles. The molecule has 0 radical (unpaired) electrons. The normalized spacial score (nSPS) is 16.3. The Kier molecular flexibility index (Phi) is 17.1. The molecule has 1 unspecified atom stereocenters. The summed E-state index contributed by atoms with van der Waals surface area (Å²) in [5, 5.41) is 9.33. The smallest absolute Gasteiger partial charge is 0.329 e. The van der Waals surface area contributed by atoms with Gasteiger partial charge in [0.2, 0.25) is 11.8 Å². The van der Waals surface area contributed by atoms with Crippen molar-refractivity contribution in [3.63, 3.8) is 0 Å². The lowest BCUT2D eigenvalue weighted by Gasteiger charge is -2.23. The lowest BCUT2D eigenvalue weighted by molar-refractivity contribution is -0.153. The fraction of sp³-hybridized carbons (Fsp3) is 0.667. The van der Waals surface area contributed by atoms with Gasteiger partial charge in [0.1, 0.15) is 27.9 Å². The monoisotopic (exact) mass is 638 g/mol. The van der Waals surface area contributed by atoms with Crippen LogP contribution in [0.1, 0.15) is 96.7 Å². The average molecular weight is 639 g/mol. The van der Waals surface area contributed by atoms with Crippen molar-refractivity contribution in [3.8, 4) is 0 Å². The number of aromatic nitrogens is 1. The van der Waals surface area contributed by atoms with Gasteiger partial charge in [-0.3, -0.25) is 19.4 Å². The van der Waals surface area contributed by atoms with Crippen LogP contribution in [0.15, 0.2) is 22.5 Å². The van der Waals surface area contributed by atoms with Gasteiger partial charge in [0.15, 0.2) is 5.12 Å². The molecule has 12 heteroatoms. The van der Waals surface area contributed by atoms with Crippen molar-refractivity contribution in [2.75, 3.05) is 11.5 Å². The summed E-state index contributed by atoms with van der Waals surface area (Å²) in [4.78, 5) is 58.7. The van der Waals surface area contributed by atoms with Crippen molar-refractivity contribution in [1.82, 2.24) is 15.6 Å². The number of thiazole rings is 1. The zero-order chi connectivity index (χ0) is 30.9. The summed E-state index contributed by atoms with van der Waals surface area (Å²) in [6.45, 7) is 9.48. The van der Waals surface area contributed by atoms with Crippen molar-refractivity contribution in [1.29, 1.82) is 0 Å². The molecule has 3 atom stereocenters. The molecule has 0 aliphatic carbocycles. The van der Waals surface area contributed by atoms with Crippen LogP contribution in [0.2, 0.25) is 0 Å². The molecule has 0 spiro atoms. The fourth-order valence-electron chi connectivity index (χ4n) is 4.06. The molecule has 234 valence electrons. The number of rotatable bonds is 19. The lowest BCUT2D eigenvalue weighted by Crippen LogP contribution is -2.45. The van der Waals surface area contributed by atoms with Gasteiger partial charge in [-0.05, 0) is 31.8 Å². The highest BCUT2D eigenvalue weighted by atomic mass is 32.2.